The Balaban J connectivity index is 2.00. The summed E-state index contributed by atoms with van der Waals surface area (Å²) in [6.07, 6.45) is -0.827. The van der Waals surface area contributed by atoms with E-state index in [-0.39, 0.29) is 11.4 Å². The van der Waals surface area contributed by atoms with Gasteiger partial charge in [0, 0.05) is 6.07 Å². The van der Waals surface area contributed by atoms with Crippen molar-refractivity contribution >= 4 is 11.7 Å². The van der Waals surface area contributed by atoms with Crippen molar-refractivity contribution in [3.63, 3.8) is 0 Å². The minimum Gasteiger partial charge on any atom is -0.479 e. The van der Waals surface area contributed by atoms with E-state index in [4.69, 9.17) is 9.47 Å². The fraction of sp³-hybridized carbons (Fsp3) is 0.133. The van der Waals surface area contributed by atoms with Crippen molar-refractivity contribution in [2.75, 3.05) is 0 Å². The lowest BCUT2D eigenvalue weighted by Gasteiger charge is -2.13. The van der Waals surface area contributed by atoms with Gasteiger partial charge >= 0.3 is 5.97 Å². The third-order valence-corrected chi connectivity index (χ3v) is 2.63. The Labute approximate surface area is 121 Å². The zero-order chi connectivity index (χ0) is 15.2. The smallest absolute Gasteiger partial charge is 0.352 e. The predicted molar refractivity (Wildman–Crippen MR) is 75.3 cm³/mol. The number of benzene rings is 2. The first-order valence-corrected chi connectivity index (χ1v) is 6.24. The van der Waals surface area contributed by atoms with E-state index in [1.165, 1.54) is 24.3 Å². The van der Waals surface area contributed by atoms with Crippen LogP contribution in [0, 0.1) is 10.1 Å². The maximum atomic E-state index is 11.9. The average molecular weight is 287 g/mol. The number of nitro benzene ring substituents is 1. The fourth-order valence-corrected chi connectivity index (χ4v) is 1.61. The molecular formula is C15H13NO5. The number of carbonyl (C=O) groups is 1. The summed E-state index contributed by atoms with van der Waals surface area (Å²) in [5.41, 5.74) is -0.142. The second-order valence-electron chi connectivity index (χ2n) is 4.25. The number of nitrogens with zero attached hydrogens (tertiary/aromatic N) is 1. The molecule has 0 radical (unpaired) electrons. The lowest BCUT2D eigenvalue weighted by atomic mass is 10.3. The molecule has 0 bridgehead atoms. The molecule has 2 rings (SSSR count). The van der Waals surface area contributed by atoms with Crippen LogP contribution >= 0.6 is 0 Å². The van der Waals surface area contributed by atoms with Crippen molar-refractivity contribution in [3.8, 4) is 11.5 Å². The Morgan fingerprint density at radius 1 is 1.10 bits per heavy atom. The van der Waals surface area contributed by atoms with Crippen LogP contribution in [0.15, 0.2) is 54.6 Å². The van der Waals surface area contributed by atoms with Crippen LogP contribution in [-0.4, -0.2) is 17.0 Å². The topological polar surface area (TPSA) is 78.7 Å². The zero-order valence-electron chi connectivity index (χ0n) is 11.3. The molecule has 0 amide bonds. The number of para-hydroxylation sites is 1. The largest absolute Gasteiger partial charge is 0.479 e. The maximum absolute atomic E-state index is 11.9. The Bertz CT molecular complexity index is 642. The van der Waals surface area contributed by atoms with Gasteiger partial charge in [-0.2, -0.15) is 0 Å². The summed E-state index contributed by atoms with van der Waals surface area (Å²) < 4.78 is 10.5. The average Bonchev–Trinajstić information content (AvgIpc) is 2.48. The number of carbonyl (C=O) groups excluding carboxylic acids is 1. The first kappa shape index (κ1) is 14.5. The Hall–Kier alpha value is -2.89. The Morgan fingerprint density at radius 3 is 2.43 bits per heavy atom. The first-order chi connectivity index (χ1) is 10.1. The molecule has 6 heteroatoms. The van der Waals surface area contributed by atoms with Gasteiger partial charge in [0.2, 0.25) is 0 Å². The van der Waals surface area contributed by atoms with Gasteiger partial charge in [-0.1, -0.05) is 24.3 Å². The van der Waals surface area contributed by atoms with Crippen LogP contribution in [0.1, 0.15) is 6.92 Å². The molecule has 108 valence electrons. The van der Waals surface area contributed by atoms with E-state index in [2.05, 4.69) is 0 Å². The highest BCUT2D eigenvalue weighted by Gasteiger charge is 2.18. The van der Waals surface area contributed by atoms with Crippen LogP contribution in [0.2, 0.25) is 0 Å². The highest BCUT2D eigenvalue weighted by molar-refractivity contribution is 5.77. The molecule has 0 saturated carbocycles. The number of ether oxygens (including phenoxy) is 2. The maximum Gasteiger partial charge on any atom is 0.352 e. The summed E-state index contributed by atoms with van der Waals surface area (Å²) in [6.45, 7) is 1.55. The van der Waals surface area contributed by atoms with Crippen LogP contribution in [0.5, 0.6) is 11.5 Å². The summed E-state index contributed by atoms with van der Waals surface area (Å²) >= 11 is 0. The molecule has 1 atom stereocenters. The predicted octanol–water partition coefficient (Wildman–Crippen LogP) is 2.97. The van der Waals surface area contributed by atoms with Crippen LogP contribution < -0.4 is 9.47 Å². The summed E-state index contributed by atoms with van der Waals surface area (Å²) in [5.74, 6) is 0.0260. The molecule has 0 N–H and O–H groups in total. The second kappa shape index (κ2) is 6.51. The third kappa shape index (κ3) is 4.04. The summed E-state index contributed by atoms with van der Waals surface area (Å²) in [7, 11) is 0. The number of nitro groups is 1. The third-order valence-electron chi connectivity index (χ3n) is 2.63. The van der Waals surface area contributed by atoms with Gasteiger partial charge < -0.3 is 9.47 Å². The SMILES string of the molecule is C[C@@H](Oc1ccccc1)C(=O)Oc1cccc([N+](=O)[O-])c1. The van der Waals surface area contributed by atoms with E-state index in [0.717, 1.165) is 0 Å². The normalized spacial score (nSPS) is 11.5. The minimum absolute atomic E-state index is 0.109. The van der Waals surface area contributed by atoms with Crippen LogP contribution in [0.4, 0.5) is 5.69 Å². The molecule has 0 aliphatic carbocycles. The van der Waals surface area contributed by atoms with Gasteiger partial charge in [-0.3, -0.25) is 10.1 Å². The van der Waals surface area contributed by atoms with Gasteiger partial charge in [0.25, 0.3) is 5.69 Å². The van der Waals surface area contributed by atoms with Gasteiger partial charge in [-0.05, 0) is 25.1 Å². The van der Waals surface area contributed by atoms with E-state index in [1.807, 2.05) is 6.07 Å². The van der Waals surface area contributed by atoms with Crippen LogP contribution in [-0.2, 0) is 4.79 Å². The number of non-ortho nitro benzene ring substituents is 1. The summed E-state index contributed by atoms with van der Waals surface area (Å²) in [5, 5.41) is 10.7. The number of rotatable bonds is 5. The molecule has 0 fully saturated rings. The van der Waals surface area contributed by atoms with E-state index in [0.29, 0.717) is 5.75 Å². The first-order valence-electron chi connectivity index (χ1n) is 6.24. The fourth-order valence-electron chi connectivity index (χ4n) is 1.61. The van der Waals surface area contributed by atoms with E-state index in [1.54, 1.807) is 31.2 Å². The van der Waals surface area contributed by atoms with Gasteiger partial charge in [-0.15, -0.1) is 0 Å². The molecular weight excluding hydrogens is 274 g/mol. The zero-order valence-corrected chi connectivity index (χ0v) is 11.3. The number of hydrogen-bond acceptors (Lipinski definition) is 5. The molecule has 0 aliphatic heterocycles. The Morgan fingerprint density at radius 2 is 1.76 bits per heavy atom. The lowest BCUT2D eigenvalue weighted by Crippen LogP contribution is -2.28. The number of esters is 1. The molecule has 0 aliphatic rings. The molecule has 2 aromatic rings. The number of hydrogen-bond donors (Lipinski definition) is 0. The van der Waals surface area contributed by atoms with Gasteiger partial charge in [0.1, 0.15) is 11.5 Å². The van der Waals surface area contributed by atoms with E-state index < -0.39 is 17.0 Å². The van der Waals surface area contributed by atoms with Crippen molar-refractivity contribution in [3.05, 3.63) is 64.7 Å². The van der Waals surface area contributed by atoms with E-state index in [9.17, 15) is 14.9 Å². The van der Waals surface area contributed by atoms with Crippen molar-refractivity contribution in [2.24, 2.45) is 0 Å². The van der Waals surface area contributed by atoms with Crippen LogP contribution in [0.3, 0.4) is 0 Å². The van der Waals surface area contributed by atoms with Crippen LogP contribution in [0.25, 0.3) is 0 Å². The standard InChI is InChI=1S/C15H13NO5/c1-11(20-13-7-3-2-4-8-13)15(17)21-14-9-5-6-12(10-14)16(18)19/h2-11H,1H3/t11-/m1/s1. The van der Waals surface area contributed by atoms with Crippen molar-refractivity contribution in [1.82, 2.24) is 0 Å². The molecule has 6 nitrogen and oxygen atoms in total. The molecule has 0 aromatic heterocycles. The Kier molecular flexibility index (Phi) is 4.50. The summed E-state index contributed by atoms with van der Waals surface area (Å²) in [6, 6.07) is 14.3. The van der Waals surface area contributed by atoms with Gasteiger partial charge in [-0.25, -0.2) is 4.79 Å². The highest BCUT2D eigenvalue weighted by Crippen LogP contribution is 2.20. The monoisotopic (exact) mass is 287 g/mol. The van der Waals surface area contributed by atoms with Crippen molar-refractivity contribution in [2.45, 2.75) is 13.0 Å². The minimum atomic E-state index is -0.827. The molecule has 0 spiro atoms. The quantitative estimate of drug-likeness (QED) is 0.365. The second-order valence-corrected chi connectivity index (χ2v) is 4.25. The molecule has 0 saturated heterocycles. The van der Waals surface area contributed by atoms with E-state index >= 15 is 0 Å². The van der Waals surface area contributed by atoms with Crippen molar-refractivity contribution < 1.29 is 19.2 Å². The van der Waals surface area contributed by atoms with Gasteiger partial charge in [0.05, 0.1) is 11.0 Å². The summed E-state index contributed by atoms with van der Waals surface area (Å²) in [4.78, 5) is 22.0. The molecule has 0 heterocycles. The highest BCUT2D eigenvalue weighted by atomic mass is 16.6. The molecule has 2 aromatic carbocycles. The molecule has 21 heavy (non-hydrogen) atoms. The van der Waals surface area contributed by atoms with Gasteiger partial charge in [0.15, 0.2) is 6.10 Å². The lowest BCUT2D eigenvalue weighted by molar-refractivity contribution is -0.384. The van der Waals surface area contributed by atoms with Crippen molar-refractivity contribution in [1.29, 1.82) is 0 Å². The molecule has 0 unspecified atom stereocenters.